The van der Waals surface area contributed by atoms with Crippen molar-refractivity contribution in [1.29, 1.82) is 0 Å². The molecule has 0 fully saturated rings. The summed E-state index contributed by atoms with van der Waals surface area (Å²) in [5.41, 5.74) is 0.182. The standard InChI is InChI=1S/C11H17N5O2/c1-14(2)5-4-6-16-10(17)8-9(13-7-12-8)15(3)11(16)18/h7H,4-6H2,1-3H3,(H,12,13)/p+1. The lowest BCUT2D eigenvalue weighted by atomic mass is 10.4. The highest BCUT2D eigenvalue weighted by molar-refractivity contribution is 5.68. The molecule has 2 aromatic rings. The van der Waals surface area contributed by atoms with Gasteiger partial charge < -0.3 is 9.88 Å². The minimum absolute atomic E-state index is 0.292. The molecule has 0 aromatic carbocycles. The van der Waals surface area contributed by atoms with Gasteiger partial charge in [-0.25, -0.2) is 9.78 Å². The maximum Gasteiger partial charge on any atom is 0.332 e. The molecule has 0 amide bonds. The van der Waals surface area contributed by atoms with Gasteiger partial charge in [0.1, 0.15) is 5.52 Å². The van der Waals surface area contributed by atoms with E-state index in [2.05, 4.69) is 9.97 Å². The summed E-state index contributed by atoms with van der Waals surface area (Å²) in [7, 11) is 5.70. The number of fused-ring (bicyclic) bond motifs is 1. The highest BCUT2D eigenvalue weighted by Gasteiger charge is 2.12. The highest BCUT2D eigenvalue weighted by atomic mass is 16.2. The van der Waals surface area contributed by atoms with E-state index in [1.165, 1.54) is 20.4 Å². The molecule has 7 heteroatoms. The van der Waals surface area contributed by atoms with Crippen molar-refractivity contribution >= 4 is 11.2 Å². The van der Waals surface area contributed by atoms with Gasteiger partial charge in [0.15, 0.2) is 5.65 Å². The summed E-state index contributed by atoms with van der Waals surface area (Å²) in [5, 5.41) is 0. The second-order valence-corrected chi connectivity index (χ2v) is 4.71. The number of hydrogen-bond acceptors (Lipinski definition) is 3. The third-order valence-corrected chi connectivity index (χ3v) is 2.97. The number of aryl methyl sites for hydroxylation is 1. The maximum atomic E-state index is 12.1. The number of hydrogen-bond donors (Lipinski definition) is 2. The number of aromatic amines is 1. The minimum Gasteiger partial charge on any atom is -0.340 e. The average molecular weight is 252 g/mol. The lowest BCUT2D eigenvalue weighted by Gasteiger charge is -2.09. The summed E-state index contributed by atoms with van der Waals surface area (Å²) in [6.45, 7) is 1.35. The molecule has 98 valence electrons. The maximum absolute atomic E-state index is 12.1. The summed E-state index contributed by atoms with van der Waals surface area (Å²) >= 11 is 0. The fourth-order valence-corrected chi connectivity index (χ4v) is 1.98. The van der Waals surface area contributed by atoms with Crippen LogP contribution in [0.3, 0.4) is 0 Å². The van der Waals surface area contributed by atoms with Crippen molar-refractivity contribution in [3.63, 3.8) is 0 Å². The first-order chi connectivity index (χ1) is 8.52. The van der Waals surface area contributed by atoms with Crippen molar-refractivity contribution in [3.05, 3.63) is 27.2 Å². The first-order valence-corrected chi connectivity index (χ1v) is 5.94. The molecule has 7 nitrogen and oxygen atoms in total. The molecule has 0 aliphatic carbocycles. The molecule has 0 unspecified atom stereocenters. The Morgan fingerprint density at radius 1 is 1.39 bits per heavy atom. The molecule has 0 atom stereocenters. The van der Waals surface area contributed by atoms with Crippen molar-refractivity contribution in [2.75, 3.05) is 20.6 Å². The molecule has 18 heavy (non-hydrogen) atoms. The molecule has 0 radical (unpaired) electrons. The molecule has 2 aromatic heterocycles. The molecule has 0 bridgehead atoms. The molecule has 0 saturated carbocycles. The Morgan fingerprint density at radius 3 is 2.78 bits per heavy atom. The van der Waals surface area contributed by atoms with Crippen LogP contribution in [0, 0.1) is 0 Å². The van der Waals surface area contributed by atoms with Gasteiger partial charge in [-0.1, -0.05) is 0 Å². The Hall–Kier alpha value is -1.89. The van der Waals surface area contributed by atoms with E-state index in [9.17, 15) is 9.59 Å². The Bertz CT molecular complexity index is 664. The normalized spacial score (nSPS) is 11.6. The van der Waals surface area contributed by atoms with Crippen molar-refractivity contribution in [2.45, 2.75) is 13.0 Å². The fourth-order valence-electron chi connectivity index (χ4n) is 1.98. The molecule has 0 spiro atoms. The largest absolute Gasteiger partial charge is 0.340 e. The van der Waals surface area contributed by atoms with Gasteiger partial charge in [-0.3, -0.25) is 13.9 Å². The van der Waals surface area contributed by atoms with E-state index in [0.29, 0.717) is 17.7 Å². The van der Waals surface area contributed by atoms with Gasteiger partial charge in [-0.2, -0.15) is 0 Å². The van der Waals surface area contributed by atoms with Crippen molar-refractivity contribution in [1.82, 2.24) is 19.1 Å². The Morgan fingerprint density at radius 2 is 2.11 bits per heavy atom. The van der Waals surface area contributed by atoms with Crippen LogP contribution in [0.15, 0.2) is 15.9 Å². The van der Waals surface area contributed by atoms with E-state index in [1.807, 2.05) is 14.1 Å². The SMILES string of the molecule is Cn1c(=O)n(CCC[NH+](C)C)c(=O)c2[nH]cnc21. The van der Waals surface area contributed by atoms with E-state index in [4.69, 9.17) is 0 Å². The van der Waals surface area contributed by atoms with Gasteiger partial charge in [0.05, 0.1) is 27.0 Å². The quantitative estimate of drug-likeness (QED) is 0.658. The lowest BCUT2D eigenvalue weighted by molar-refractivity contribution is -0.858. The van der Waals surface area contributed by atoms with Crippen LogP contribution in [0.2, 0.25) is 0 Å². The van der Waals surface area contributed by atoms with Crippen LogP contribution in [0.5, 0.6) is 0 Å². The Kier molecular flexibility index (Phi) is 3.33. The number of aromatic nitrogens is 4. The first kappa shape index (κ1) is 12.6. The van der Waals surface area contributed by atoms with Gasteiger partial charge in [0.25, 0.3) is 5.56 Å². The number of nitrogens with one attached hydrogen (secondary N) is 2. The van der Waals surface area contributed by atoms with Crippen LogP contribution < -0.4 is 16.1 Å². The Balaban J connectivity index is 2.44. The number of nitrogens with zero attached hydrogens (tertiary/aromatic N) is 3. The van der Waals surface area contributed by atoms with Gasteiger partial charge in [-0.05, 0) is 0 Å². The molecule has 2 N–H and O–H groups in total. The lowest BCUT2D eigenvalue weighted by Crippen LogP contribution is -3.05. The number of rotatable bonds is 4. The molecule has 0 aliphatic heterocycles. The van der Waals surface area contributed by atoms with Crippen molar-refractivity contribution in [2.24, 2.45) is 7.05 Å². The molecule has 2 rings (SSSR count). The molecular weight excluding hydrogens is 234 g/mol. The third-order valence-electron chi connectivity index (χ3n) is 2.97. The average Bonchev–Trinajstić information content (AvgIpc) is 2.79. The highest BCUT2D eigenvalue weighted by Crippen LogP contribution is 1.98. The summed E-state index contributed by atoms with van der Waals surface area (Å²) in [5.74, 6) is 0. The predicted octanol–water partition coefficient (Wildman–Crippen LogP) is -2.04. The van der Waals surface area contributed by atoms with Crippen LogP contribution in [-0.4, -0.2) is 39.7 Å². The third kappa shape index (κ3) is 2.08. The number of H-pyrrole nitrogens is 1. The Labute approximate surface area is 104 Å². The van der Waals surface area contributed by atoms with Crippen LogP contribution >= 0.6 is 0 Å². The monoisotopic (exact) mass is 252 g/mol. The van der Waals surface area contributed by atoms with E-state index < -0.39 is 0 Å². The van der Waals surface area contributed by atoms with Crippen molar-refractivity contribution < 1.29 is 4.90 Å². The number of quaternary nitrogens is 1. The summed E-state index contributed by atoms with van der Waals surface area (Å²) in [6, 6.07) is 0. The smallest absolute Gasteiger partial charge is 0.332 e. The summed E-state index contributed by atoms with van der Waals surface area (Å²) < 4.78 is 2.67. The zero-order chi connectivity index (χ0) is 13.3. The van der Waals surface area contributed by atoms with Crippen LogP contribution in [0.1, 0.15) is 6.42 Å². The van der Waals surface area contributed by atoms with Gasteiger partial charge >= 0.3 is 5.69 Å². The van der Waals surface area contributed by atoms with E-state index >= 15 is 0 Å². The number of imidazole rings is 1. The van der Waals surface area contributed by atoms with Gasteiger partial charge in [0.2, 0.25) is 0 Å². The summed E-state index contributed by atoms with van der Waals surface area (Å²) in [6.07, 6.45) is 2.22. The van der Waals surface area contributed by atoms with Crippen LogP contribution in [0.4, 0.5) is 0 Å². The topological polar surface area (TPSA) is 77.1 Å². The zero-order valence-corrected chi connectivity index (χ0v) is 10.9. The van der Waals surface area contributed by atoms with Crippen LogP contribution in [-0.2, 0) is 13.6 Å². The fraction of sp³-hybridized carbons (Fsp3) is 0.545. The molecular formula is C11H18N5O2+. The second-order valence-electron chi connectivity index (χ2n) is 4.71. The molecule has 0 saturated heterocycles. The molecule has 2 heterocycles. The van der Waals surface area contributed by atoms with Crippen molar-refractivity contribution in [3.8, 4) is 0 Å². The van der Waals surface area contributed by atoms with E-state index in [1.54, 1.807) is 7.05 Å². The first-order valence-electron chi connectivity index (χ1n) is 5.94. The second kappa shape index (κ2) is 4.77. The van der Waals surface area contributed by atoms with E-state index in [0.717, 1.165) is 13.0 Å². The van der Waals surface area contributed by atoms with Crippen LogP contribution in [0.25, 0.3) is 11.2 Å². The summed E-state index contributed by atoms with van der Waals surface area (Å²) in [4.78, 5) is 32.2. The van der Waals surface area contributed by atoms with E-state index in [-0.39, 0.29) is 11.2 Å². The minimum atomic E-state index is -0.312. The zero-order valence-electron chi connectivity index (χ0n) is 10.9. The molecule has 0 aliphatic rings. The van der Waals surface area contributed by atoms with Gasteiger partial charge in [0, 0.05) is 20.0 Å². The predicted molar refractivity (Wildman–Crippen MR) is 67.9 cm³/mol. The van der Waals surface area contributed by atoms with Gasteiger partial charge in [-0.15, -0.1) is 0 Å².